The van der Waals surface area contributed by atoms with Crippen molar-refractivity contribution >= 4 is 28.7 Å². The zero-order chi connectivity index (χ0) is 14.1. The summed E-state index contributed by atoms with van der Waals surface area (Å²) in [5.41, 5.74) is 8.87. The molecule has 1 unspecified atom stereocenters. The minimum atomic E-state index is -0.467. The fraction of sp³-hybridized carbons (Fsp3) is 0.133. The number of benzene rings is 2. The third kappa shape index (κ3) is 2.25. The van der Waals surface area contributed by atoms with E-state index in [0.717, 1.165) is 11.4 Å². The Labute approximate surface area is 116 Å². The van der Waals surface area contributed by atoms with Crippen molar-refractivity contribution in [3.8, 4) is 5.75 Å². The van der Waals surface area contributed by atoms with E-state index in [1.807, 2.05) is 42.5 Å². The van der Waals surface area contributed by atoms with Gasteiger partial charge in [-0.3, -0.25) is 4.79 Å². The average Bonchev–Trinajstić information content (AvgIpc) is 2.43. The van der Waals surface area contributed by atoms with Crippen LogP contribution in [0.3, 0.4) is 0 Å². The van der Waals surface area contributed by atoms with Gasteiger partial charge >= 0.3 is 0 Å². The van der Waals surface area contributed by atoms with Gasteiger partial charge in [0.2, 0.25) is 0 Å². The van der Waals surface area contributed by atoms with Crippen molar-refractivity contribution in [3.05, 3.63) is 42.5 Å². The van der Waals surface area contributed by atoms with Crippen LogP contribution in [0, 0.1) is 0 Å². The summed E-state index contributed by atoms with van der Waals surface area (Å²) in [6.45, 7) is 1.72. The van der Waals surface area contributed by atoms with E-state index in [-0.39, 0.29) is 5.91 Å². The van der Waals surface area contributed by atoms with Crippen LogP contribution in [0.4, 0.5) is 22.7 Å². The number of nitrogens with one attached hydrogen (secondary N) is 2. The number of nitrogen functional groups attached to an aromatic ring is 1. The van der Waals surface area contributed by atoms with Gasteiger partial charge in [0.25, 0.3) is 5.91 Å². The van der Waals surface area contributed by atoms with E-state index in [9.17, 15) is 4.79 Å². The van der Waals surface area contributed by atoms with Crippen molar-refractivity contribution in [1.29, 1.82) is 0 Å². The van der Waals surface area contributed by atoms with Crippen LogP contribution >= 0.6 is 0 Å². The van der Waals surface area contributed by atoms with E-state index in [1.54, 1.807) is 6.92 Å². The molecule has 102 valence electrons. The SMILES string of the molecule is CC1Oc2ccc(Nc3ccccc3N)cc2NC1=O. The Bertz CT molecular complexity index is 670. The van der Waals surface area contributed by atoms with Crippen molar-refractivity contribution in [1.82, 2.24) is 0 Å². The van der Waals surface area contributed by atoms with Gasteiger partial charge in [-0.1, -0.05) is 12.1 Å². The number of para-hydroxylation sites is 2. The summed E-state index contributed by atoms with van der Waals surface area (Å²) in [5.74, 6) is 0.526. The van der Waals surface area contributed by atoms with Gasteiger partial charge in [-0.05, 0) is 37.3 Å². The molecule has 0 aliphatic carbocycles. The third-order valence-electron chi connectivity index (χ3n) is 3.15. The van der Waals surface area contributed by atoms with Gasteiger partial charge in [0, 0.05) is 5.69 Å². The highest BCUT2D eigenvalue weighted by molar-refractivity contribution is 5.98. The second-order valence-electron chi connectivity index (χ2n) is 4.67. The number of carbonyl (C=O) groups excluding carboxylic acids is 1. The molecular weight excluding hydrogens is 254 g/mol. The van der Waals surface area contributed by atoms with E-state index >= 15 is 0 Å². The van der Waals surface area contributed by atoms with Crippen molar-refractivity contribution in [3.63, 3.8) is 0 Å². The fourth-order valence-corrected chi connectivity index (χ4v) is 2.05. The van der Waals surface area contributed by atoms with Crippen molar-refractivity contribution in [2.75, 3.05) is 16.4 Å². The van der Waals surface area contributed by atoms with Crippen molar-refractivity contribution < 1.29 is 9.53 Å². The van der Waals surface area contributed by atoms with Gasteiger partial charge in [0.1, 0.15) is 5.75 Å². The largest absolute Gasteiger partial charge is 0.479 e. The van der Waals surface area contributed by atoms with Gasteiger partial charge in [0.05, 0.1) is 17.1 Å². The van der Waals surface area contributed by atoms with Crippen LogP contribution in [-0.4, -0.2) is 12.0 Å². The molecule has 0 fully saturated rings. The number of hydrogen-bond acceptors (Lipinski definition) is 4. The Kier molecular flexibility index (Phi) is 2.95. The standard InChI is InChI=1S/C15H15N3O2/c1-9-15(19)18-13-8-10(6-7-14(13)20-9)17-12-5-3-2-4-11(12)16/h2-9,17H,16H2,1H3,(H,18,19). The number of anilines is 4. The first kappa shape index (κ1) is 12.3. The number of nitrogens with two attached hydrogens (primary N) is 1. The first-order chi connectivity index (χ1) is 9.63. The number of amides is 1. The lowest BCUT2D eigenvalue weighted by molar-refractivity contribution is -0.122. The molecule has 0 radical (unpaired) electrons. The van der Waals surface area contributed by atoms with Crippen LogP contribution in [0.2, 0.25) is 0 Å². The molecule has 1 heterocycles. The van der Waals surface area contributed by atoms with Crippen LogP contribution in [0.1, 0.15) is 6.92 Å². The molecule has 5 heteroatoms. The second-order valence-corrected chi connectivity index (χ2v) is 4.67. The fourth-order valence-electron chi connectivity index (χ4n) is 2.05. The summed E-state index contributed by atoms with van der Waals surface area (Å²) in [7, 11) is 0. The summed E-state index contributed by atoms with van der Waals surface area (Å²) >= 11 is 0. The molecular formula is C15H15N3O2. The highest BCUT2D eigenvalue weighted by Gasteiger charge is 2.23. The molecule has 0 aromatic heterocycles. The van der Waals surface area contributed by atoms with Crippen LogP contribution in [0.25, 0.3) is 0 Å². The molecule has 1 aliphatic rings. The zero-order valence-electron chi connectivity index (χ0n) is 11.0. The first-order valence-electron chi connectivity index (χ1n) is 6.36. The van der Waals surface area contributed by atoms with E-state index in [2.05, 4.69) is 10.6 Å². The van der Waals surface area contributed by atoms with Crippen LogP contribution < -0.4 is 21.1 Å². The molecule has 0 bridgehead atoms. The molecule has 0 spiro atoms. The summed E-state index contributed by atoms with van der Waals surface area (Å²) in [5, 5.41) is 6.03. The maximum Gasteiger partial charge on any atom is 0.265 e. The average molecular weight is 269 g/mol. The maximum atomic E-state index is 11.6. The summed E-state index contributed by atoms with van der Waals surface area (Å²) in [6.07, 6.45) is -0.467. The molecule has 0 saturated heterocycles. The lowest BCUT2D eigenvalue weighted by atomic mass is 10.2. The van der Waals surface area contributed by atoms with E-state index in [0.29, 0.717) is 17.1 Å². The number of carbonyl (C=O) groups is 1. The maximum absolute atomic E-state index is 11.6. The van der Waals surface area contributed by atoms with Crippen molar-refractivity contribution in [2.24, 2.45) is 0 Å². The van der Waals surface area contributed by atoms with Gasteiger partial charge < -0.3 is 21.1 Å². The lowest BCUT2D eigenvalue weighted by Crippen LogP contribution is -2.34. The Balaban J connectivity index is 1.88. The number of rotatable bonds is 2. The number of hydrogen-bond donors (Lipinski definition) is 3. The van der Waals surface area contributed by atoms with E-state index in [1.165, 1.54) is 0 Å². The predicted molar refractivity (Wildman–Crippen MR) is 79.3 cm³/mol. The predicted octanol–water partition coefficient (Wildman–Crippen LogP) is 2.73. The molecule has 2 aromatic rings. The van der Waals surface area contributed by atoms with Crippen LogP contribution in [-0.2, 0) is 4.79 Å². The van der Waals surface area contributed by atoms with Crippen LogP contribution in [0.5, 0.6) is 5.75 Å². The second kappa shape index (κ2) is 4.77. The monoisotopic (exact) mass is 269 g/mol. The van der Waals surface area contributed by atoms with Gasteiger partial charge in [-0.25, -0.2) is 0 Å². The normalized spacial score (nSPS) is 16.9. The molecule has 1 aliphatic heterocycles. The highest BCUT2D eigenvalue weighted by Crippen LogP contribution is 2.33. The molecule has 1 amide bonds. The Morgan fingerprint density at radius 3 is 2.85 bits per heavy atom. The molecule has 5 nitrogen and oxygen atoms in total. The Morgan fingerprint density at radius 1 is 1.25 bits per heavy atom. The zero-order valence-corrected chi connectivity index (χ0v) is 11.0. The van der Waals surface area contributed by atoms with Crippen LogP contribution in [0.15, 0.2) is 42.5 Å². The number of ether oxygens (including phenoxy) is 1. The lowest BCUT2D eigenvalue weighted by Gasteiger charge is -2.23. The Hall–Kier alpha value is -2.69. The minimum Gasteiger partial charge on any atom is -0.479 e. The van der Waals surface area contributed by atoms with E-state index in [4.69, 9.17) is 10.5 Å². The highest BCUT2D eigenvalue weighted by atomic mass is 16.5. The van der Waals surface area contributed by atoms with E-state index < -0.39 is 6.10 Å². The molecule has 1 atom stereocenters. The molecule has 0 saturated carbocycles. The van der Waals surface area contributed by atoms with Crippen molar-refractivity contribution in [2.45, 2.75) is 13.0 Å². The molecule has 20 heavy (non-hydrogen) atoms. The Morgan fingerprint density at radius 2 is 2.05 bits per heavy atom. The quantitative estimate of drug-likeness (QED) is 0.733. The molecule has 3 rings (SSSR count). The minimum absolute atomic E-state index is 0.145. The summed E-state index contributed by atoms with van der Waals surface area (Å²) in [4.78, 5) is 11.6. The van der Waals surface area contributed by atoms with Gasteiger partial charge in [0.15, 0.2) is 6.10 Å². The summed E-state index contributed by atoms with van der Waals surface area (Å²) < 4.78 is 5.51. The smallest absolute Gasteiger partial charge is 0.265 e. The first-order valence-corrected chi connectivity index (χ1v) is 6.36. The third-order valence-corrected chi connectivity index (χ3v) is 3.15. The van der Waals surface area contributed by atoms with Gasteiger partial charge in [-0.15, -0.1) is 0 Å². The summed E-state index contributed by atoms with van der Waals surface area (Å²) in [6, 6.07) is 13.0. The number of fused-ring (bicyclic) bond motifs is 1. The van der Waals surface area contributed by atoms with Gasteiger partial charge in [-0.2, -0.15) is 0 Å². The topological polar surface area (TPSA) is 76.4 Å². The molecule has 2 aromatic carbocycles. The molecule has 4 N–H and O–H groups in total.